The summed E-state index contributed by atoms with van der Waals surface area (Å²) in [6.07, 6.45) is 0. The van der Waals surface area contributed by atoms with Gasteiger partial charge in [0.25, 0.3) is 5.91 Å². The zero-order valence-corrected chi connectivity index (χ0v) is 10.8. The van der Waals surface area contributed by atoms with Crippen molar-refractivity contribution < 1.29 is 4.79 Å². The minimum Gasteiger partial charge on any atom is -0.382 e. The number of H-pyrrole nitrogens is 1. The molecule has 18 heavy (non-hydrogen) atoms. The van der Waals surface area contributed by atoms with E-state index in [2.05, 4.69) is 10.2 Å². The fraction of sp³-hybridized carbons (Fsp3) is 0.231. The van der Waals surface area contributed by atoms with E-state index in [-0.39, 0.29) is 11.4 Å². The van der Waals surface area contributed by atoms with Crippen LogP contribution in [0.3, 0.4) is 0 Å². The number of nitrogens with one attached hydrogen (secondary N) is 1. The zero-order chi connectivity index (χ0) is 13.7. The molecule has 5 nitrogen and oxygen atoms in total. The highest BCUT2D eigenvalue weighted by molar-refractivity contribution is 6.03. The molecule has 0 saturated carbocycles. The quantitative estimate of drug-likeness (QED) is 0.756. The van der Waals surface area contributed by atoms with E-state index in [1.165, 1.54) is 0 Å². The number of nitrogen functional groups attached to an aromatic ring is 1. The number of hydrogen-bond acceptors (Lipinski definition) is 3. The van der Waals surface area contributed by atoms with E-state index >= 15 is 0 Å². The van der Waals surface area contributed by atoms with Gasteiger partial charge < -0.3 is 11.5 Å². The number of aryl methyl sites for hydroxylation is 1. The minimum atomic E-state index is -0.582. The lowest BCUT2D eigenvalue weighted by atomic mass is 10.1. The summed E-state index contributed by atoms with van der Waals surface area (Å²) in [5, 5.41) is 6.50. The number of nitrogens with zero attached hydrogens (tertiary/aromatic N) is 1. The first kappa shape index (κ1) is 13.8. The molecular weight excluding hydrogens is 228 g/mol. The first-order valence-electron chi connectivity index (χ1n) is 5.80. The predicted octanol–water partition coefficient (Wildman–Crippen LogP) is 2.09. The minimum absolute atomic E-state index is 0.128. The molecule has 1 aromatic carbocycles. The Kier molecular flexibility index (Phi) is 4.48. The number of anilines is 1. The van der Waals surface area contributed by atoms with Crippen LogP contribution in [0.5, 0.6) is 0 Å². The molecule has 0 spiro atoms. The molecule has 2 aromatic rings. The first-order chi connectivity index (χ1) is 8.59. The maximum Gasteiger partial charge on any atom is 0.254 e. The van der Waals surface area contributed by atoms with E-state index in [1.807, 2.05) is 45.0 Å². The number of benzene rings is 1. The smallest absolute Gasteiger partial charge is 0.254 e. The standard InChI is InChI=1S/C11H12N4O.C2H6/c1-6-2-4-7(5-3-6)9-8(11(13)16)10(12)15-14-9;1-2/h2-5H,1H3,(H2,13,16)(H3,12,14,15);1-2H3. The van der Waals surface area contributed by atoms with Gasteiger partial charge in [-0.15, -0.1) is 0 Å². The number of aromatic amines is 1. The molecule has 0 fully saturated rings. The third kappa shape index (κ3) is 2.68. The van der Waals surface area contributed by atoms with Crippen LogP contribution in [0.25, 0.3) is 11.3 Å². The summed E-state index contributed by atoms with van der Waals surface area (Å²) >= 11 is 0. The maximum absolute atomic E-state index is 11.2. The fourth-order valence-electron chi connectivity index (χ4n) is 1.53. The Bertz CT molecular complexity index is 528. The Labute approximate surface area is 106 Å². The monoisotopic (exact) mass is 246 g/mol. The molecule has 0 bridgehead atoms. The van der Waals surface area contributed by atoms with Gasteiger partial charge in [-0.1, -0.05) is 43.7 Å². The Morgan fingerprint density at radius 3 is 2.28 bits per heavy atom. The summed E-state index contributed by atoms with van der Waals surface area (Å²) in [5.74, 6) is -0.454. The van der Waals surface area contributed by atoms with Crippen LogP contribution in [-0.2, 0) is 0 Å². The molecule has 2 rings (SSSR count). The molecule has 1 amide bonds. The van der Waals surface area contributed by atoms with Gasteiger partial charge in [-0.05, 0) is 6.92 Å². The normalized spacial score (nSPS) is 9.50. The van der Waals surface area contributed by atoms with Crippen LogP contribution in [0.4, 0.5) is 5.82 Å². The van der Waals surface area contributed by atoms with Crippen LogP contribution in [0.2, 0.25) is 0 Å². The number of carbonyl (C=O) groups excluding carboxylic acids is 1. The van der Waals surface area contributed by atoms with Crippen molar-refractivity contribution in [1.29, 1.82) is 0 Å². The average molecular weight is 246 g/mol. The van der Waals surface area contributed by atoms with E-state index in [0.29, 0.717) is 5.69 Å². The van der Waals surface area contributed by atoms with Gasteiger partial charge in [0, 0.05) is 5.56 Å². The molecular formula is C13H18N4O. The fourth-order valence-corrected chi connectivity index (χ4v) is 1.53. The summed E-state index contributed by atoms with van der Waals surface area (Å²) < 4.78 is 0. The van der Waals surface area contributed by atoms with Crippen molar-refractivity contribution in [3.63, 3.8) is 0 Å². The Morgan fingerprint density at radius 1 is 1.22 bits per heavy atom. The van der Waals surface area contributed by atoms with Crippen molar-refractivity contribution in [2.24, 2.45) is 5.73 Å². The van der Waals surface area contributed by atoms with E-state index in [1.54, 1.807) is 0 Å². The van der Waals surface area contributed by atoms with E-state index in [4.69, 9.17) is 11.5 Å². The Morgan fingerprint density at radius 2 is 1.78 bits per heavy atom. The summed E-state index contributed by atoms with van der Waals surface area (Å²) in [6.45, 7) is 5.99. The van der Waals surface area contributed by atoms with E-state index < -0.39 is 5.91 Å². The molecule has 5 N–H and O–H groups in total. The highest BCUT2D eigenvalue weighted by atomic mass is 16.1. The van der Waals surface area contributed by atoms with Crippen molar-refractivity contribution in [2.75, 3.05) is 5.73 Å². The average Bonchev–Trinajstić information content (AvgIpc) is 2.75. The van der Waals surface area contributed by atoms with Crippen LogP contribution in [0.15, 0.2) is 24.3 Å². The number of nitrogens with two attached hydrogens (primary N) is 2. The lowest BCUT2D eigenvalue weighted by molar-refractivity contribution is 0.100. The van der Waals surface area contributed by atoms with Crippen molar-refractivity contribution in [3.8, 4) is 11.3 Å². The van der Waals surface area contributed by atoms with Gasteiger partial charge in [-0.25, -0.2) is 0 Å². The van der Waals surface area contributed by atoms with Crippen molar-refractivity contribution >= 4 is 11.7 Å². The highest BCUT2D eigenvalue weighted by Gasteiger charge is 2.16. The molecule has 0 aliphatic heterocycles. The number of carbonyl (C=O) groups is 1. The Hall–Kier alpha value is -2.30. The number of primary amides is 1. The molecule has 96 valence electrons. The molecule has 0 radical (unpaired) electrons. The van der Waals surface area contributed by atoms with Gasteiger partial charge in [-0.3, -0.25) is 9.89 Å². The van der Waals surface area contributed by atoms with Crippen LogP contribution < -0.4 is 11.5 Å². The summed E-state index contributed by atoms with van der Waals surface area (Å²) in [7, 11) is 0. The Balaban J connectivity index is 0.000000771. The molecule has 0 saturated heterocycles. The van der Waals surface area contributed by atoms with Crippen molar-refractivity contribution in [3.05, 3.63) is 35.4 Å². The molecule has 0 unspecified atom stereocenters. The third-order valence-electron chi connectivity index (χ3n) is 2.38. The first-order valence-corrected chi connectivity index (χ1v) is 5.80. The second-order valence-electron chi connectivity index (χ2n) is 3.59. The van der Waals surface area contributed by atoms with Crippen LogP contribution in [-0.4, -0.2) is 16.1 Å². The second-order valence-corrected chi connectivity index (χ2v) is 3.59. The maximum atomic E-state index is 11.2. The topological polar surface area (TPSA) is 97.8 Å². The second kappa shape index (κ2) is 5.86. The lowest BCUT2D eigenvalue weighted by Gasteiger charge is -2.01. The third-order valence-corrected chi connectivity index (χ3v) is 2.38. The van der Waals surface area contributed by atoms with Gasteiger partial charge in [0.1, 0.15) is 5.56 Å². The predicted molar refractivity (Wildman–Crippen MR) is 73.0 cm³/mol. The lowest BCUT2D eigenvalue weighted by Crippen LogP contribution is -2.13. The molecule has 0 aliphatic rings. The van der Waals surface area contributed by atoms with Gasteiger partial charge >= 0.3 is 0 Å². The van der Waals surface area contributed by atoms with E-state index in [9.17, 15) is 4.79 Å². The summed E-state index contributed by atoms with van der Waals surface area (Å²) in [5.41, 5.74) is 13.6. The number of amides is 1. The van der Waals surface area contributed by atoms with Crippen LogP contribution >= 0.6 is 0 Å². The van der Waals surface area contributed by atoms with Gasteiger partial charge in [0.15, 0.2) is 5.82 Å². The van der Waals surface area contributed by atoms with Crippen molar-refractivity contribution in [2.45, 2.75) is 20.8 Å². The van der Waals surface area contributed by atoms with Gasteiger partial charge in [0.2, 0.25) is 0 Å². The van der Waals surface area contributed by atoms with Gasteiger partial charge in [-0.2, -0.15) is 5.10 Å². The van der Waals surface area contributed by atoms with Crippen LogP contribution in [0.1, 0.15) is 29.8 Å². The molecule has 0 atom stereocenters. The molecule has 1 heterocycles. The largest absolute Gasteiger partial charge is 0.382 e. The van der Waals surface area contributed by atoms with Crippen LogP contribution in [0, 0.1) is 6.92 Å². The zero-order valence-electron chi connectivity index (χ0n) is 10.8. The summed E-state index contributed by atoms with van der Waals surface area (Å²) in [4.78, 5) is 11.2. The van der Waals surface area contributed by atoms with Crippen molar-refractivity contribution in [1.82, 2.24) is 10.2 Å². The SMILES string of the molecule is CC.Cc1ccc(-c2[nH]nc(N)c2C(N)=O)cc1. The number of hydrogen-bond donors (Lipinski definition) is 3. The molecule has 5 heteroatoms. The molecule has 1 aromatic heterocycles. The summed E-state index contributed by atoms with van der Waals surface area (Å²) in [6, 6.07) is 7.65. The number of aromatic nitrogens is 2. The molecule has 0 aliphatic carbocycles. The van der Waals surface area contributed by atoms with Gasteiger partial charge in [0.05, 0.1) is 5.69 Å². The number of rotatable bonds is 2. The van der Waals surface area contributed by atoms with E-state index in [0.717, 1.165) is 11.1 Å². The highest BCUT2D eigenvalue weighted by Crippen LogP contribution is 2.24.